The van der Waals surface area contributed by atoms with Crippen LogP contribution >= 0.6 is 11.3 Å². The number of rotatable bonds is 5. The Kier molecular flexibility index (Phi) is 5.46. The van der Waals surface area contributed by atoms with Crippen LogP contribution in [0.15, 0.2) is 66.7 Å². The molecule has 0 saturated carbocycles. The Labute approximate surface area is 178 Å². The van der Waals surface area contributed by atoms with E-state index >= 15 is 0 Å². The highest BCUT2D eigenvalue weighted by Gasteiger charge is 2.18. The molecule has 0 aliphatic rings. The highest BCUT2D eigenvalue weighted by atomic mass is 32.1. The molecule has 148 valence electrons. The number of aryl methyl sites for hydroxylation is 2. The van der Waals surface area contributed by atoms with Gasteiger partial charge in [-0.2, -0.15) is 5.26 Å². The second-order valence-corrected chi connectivity index (χ2v) is 7.77. The SMILES string of the molecule is Cc1cc(C#N)cc(C)c1Oc1sc(Nc2ccc(F)cc2)nc1-c1ccccc1. The lowest BCUT2D eigenvalue weighted by Gasteiger charge is -2.11. The summed E-state index contributed by atoms with van der Waals surface area (Å²) in [6.07, 6.45) is 0. The second kappa shape index (κ2) is 8.36. The van der Waals surface area contributed by atoms with Crippen LogP contribution in [-0.4, -0.2) is 4.98 Å². The van der Waals surface area contributed by atoms with Crippen molar-refractivity contribution in [2.24, 2.45) is 0 Å². The molecule has 1 aromatic heterocycles. The third-order valence-electron chi connectivity index (χ3n) is 4.52. The van der Waals surface area contributed by atoms with Crippen molar-refractivity contribution < 1.29 is 9.13 Å². The Morgan fingerprint density at radius 3 is 2.30 bits per heavy atom. The van der Waals surface area contributed by atoms with Gasteiger partial charge in [0.05, 0.1) is 11.6 Å². The number of thiazole rings is 1. The number of ether oxygens (including phenoxy) is 1. The number of nitrogens with zero attached hydrogens (tertiary/aromatic N) is 2. The molecule has 0 aliphatic heterocycles. The lowest BCUT2D eigenvalue weighted by atomic mass is 10.1. The predicted molar refractivity (Wildman–Crippen MR) is 118 cm³/mol. The highest BCUT2D eigenvalue weighted by molar-refractivity contribution is 7.18. The molecule has 0 amide bonds. The van der Waals surface area contributed by atoms with E-state index in [0.29, 0.717) is 27.2 Å². The number of hydrogen-bond donors (Lipinski definition) is 1. The Hall–Kier alpha value is -3.69. The summed E-state index contributed by atoms with van der Waals surface area (Å²) >= 11 is 1.37. The minimum absolute atomic E-state index is 0.291. The van der Waals surface area contributed by atoms with Crippen molar-refractivity contribution in [1.29, 1.82) is 5.26 Å². The number of halogens is 1. The number of aromatic nitrogens is 1. The van der Waals surface area contributed by atoms with Crippen molar-refractivity contribution in [3.05, 3.63) is 89.2 Å². The number of hydrogen-bond acceptors (Lipinski definition) is 5. The van der Waals surface area contributed by atoms with E-state index < -0.39 is 0 Å². The van der Waals surface area contributed by atoms with E-state index in [9.17, 15) is 9.65 Å². The first kappa shape index (κ1) is 19.6. The van der Waals surface area contributed by atoms with E-state index in [2.05, 4.69) is 11.4 Å². The molecule has 3 aromatic carbocycles. The topological polar surface area (TPSA) is 57.9 Å². The minimum atomic E-state index is -0.291. The summed E-state index contributed by atoms with van der Waals surface area (Å²) in [6.45, 7) is 3.84. The quantitative estimate of drug-likeness (QED) is 0.382. The lowest BCUT2D eigenvalue weighted by Crippen LogP contribution is -1.93. The predicted octanol–water partition coefficient (Wildman–Crippen LogP) is 6.97. The summed E-state index contributed by atoms with van der Waals surface area (Å²) in [5.41, 5.74) is 4.75. The summed E-state index contributed by atoms with van der Waals surface area (Å²) in [5.74, 6) is 0.420. The standard InChI is InChI=1S/C24H18FN3OS/c1-15-12-17(14-26)13-16(2)22(15)29-23-21(18-6-4-3-5-7-18)28-24(30-23)27-20-10-8-19(25)9-11-20/h3-13H,1-2H3,(H,27,28). The number of nitriles is 1. The first-order chi connectivity index (χ1) is 14.5. The van der Waals surface area contributed by atoms with Crippen LogP contribution in [0.4, 0.5) is 15.2 Å². The fourth-order valence-electron chi connectivity index (χ4n) is 3.13. The summed E-state index contributed by atoms with van der Waals surface area (Å²) in [7, 11) is 0. The normalized spacial score (nSPS) is 10.5. The average molecular weight is 415 g/mol. The van der Waals surface area contributed by atoms with Crippen molar-refractivity contribution in [2.45, 2.75) is 13.8 Å². The molecule has 0 atom stereocenters. The zero-order chi connectivity index (χ0) is 21.1. The number of nitrogens with one attached hydrogen (secondary N) is 1. The Morgan fingerprint density at radius 1 is 1.00 bits per heavy atom. The molecule has 1 N–H and O–H groups in total. The van der Waals surface area contributed by atoms with E-state index in [-0.39, 0.29) is 5.82 Å². The van der Waals surface area contributed by atoms with Crippen LogP contribution in [0.2, 0.25) is 0 Å². The van der Waals surface area contributed by atoms with Gasteiger partial charge in [0.2, 0.25) is 5.06 Å². The third kappa shape index (κ3) is 4.17. The molecule has 4 aromatic rings. The summed E-state index contributed by atoms with van der Waals surface area (Å²) in [6, 6.07) is 21.7. The van der Waals surface area contributed by atoms with E-state index in [4.69, 9.17) is 9.72 Å². The van der Waals surface area contributed by atoms with Gasteiger partial charge in [-0.05, 0) is 61.4 Å². The fraction of sp³-hybridized carbons (Fsp3) is 0.0833. The van der Waals surface area contributed by atoms with Gasteiger partial charge in [0.15, 0.2) is 5.13 Å². The van der Waals surface area contributed by atoms with Gasteiger partial charge >= 0.3 is 0 Å². The van der Waals surface area contributed by atoms with Crippen LogP contribution < -0.4 is 10.1 Å². The molecular formula is C24H18FN3OS. The molecule has 0 fully saturated rings. The molecule has 0 unspecified atom stereocenters. The van der Waals surface area contributed by atoms with E-state index in [1.54, 1.807) is 12.1 Å². The molecular weight excluding hydrogens is 397 g/mol. The van der Waals surface area contributed by atoms with Crippen LogP contribution in [0.5, 0.6) is 10.8 Å². The van der Waals surface area contributed by atoms with Crippen LogP contribution in [0.1, 0.15) is 16.7 Å². The first-order valence-corrected chi connectivity index (χ1v) is 10.1. The van der Waals surface area contributed by atoms with E-state index in [0.717, 1.165) is 22.4 Å². The van der Waals surface area contributed by atoms with Crippen LogP contribution in [0.3, 0.4) is 0 Å². The molecule has 0 spiro atoms. The zero-order valence-electron chi connectivity index (χ0n) is 16.4. The molecule has 1 heterocycles. The van der Waals surface area contributed by atoms with Crippen molar-refractivity contribution in [3.8, 4) is 28.1 Å². The van der Waals surface area contributed by atoms with Crippen molar-refractivity contribution in [1.82, 2.24) is 4.98 Å². The molecule has 0 aliphatic carbocycles. The summed E-state index contributed by atoms with van der Waals surface area (Å²) in [5, 5.41) is 13.7. The Bertz CT molecular complexity index is 1200. The molecule has 0 bridgehead atoms. The number of anilines is 2. The second-order valence-electron chi connectivity index (χ2n) is 6.81. The van der Waals surface area contributed by atoms with Gasteiger partial charge in [-0.1, -0.05) is 41.7 Å². The maximum atomic E-state index is 13.2. The van der Waals surface area contributed by atoms with Crippen molar-refractivity contribution in [2.75, 3.05) is 5.32 Å². The Morgan fingerprint density at radius 2 is 1.67 bits per heavy atom. The van der Waals surface area contributed by atoms with Gasteiger partial charge in [-0.15, -0.1) is 0 Å². The fourth-order valence-corrected chi connectivity index (χ4v) is 4.00. The molecule has 4 rings (SSSR count). The van der Waals surface area contributed by atoms with Crippen molar-refractivity contribution in [3.63, 3.8) is 0 Å². The van der Waals surface area contributed by atoms with Gasteiger partial charge in [0, 0.05) is 11.3 Å². The largest absolute Gasteiger partial charge is 0.444 e. The van der Waals surface area contributed by atoms with Crippen LogP contribution in [-0.2, 0) is 0 Å². The van der Waals surface area contributed by atoms with E-state index in [1.807, 2.05) is 56.3 Å². The van der Waals surface area contributed by atoms with E-state index in [1.165, 1.54) is 23.5 Å². The first-order valence-electron chi connectivity index (χ1n) is 9.31. The van der Waals surface area contributed by atoms with Crippen LogP contribution in [0, 0.1) is 31.0 Å². The monoisotopic (exact) mass is 415 g/mol. The van der Waals surface area contributed by atoms with Crippen molar-refractivity contribution >= 4 is 22.2 Å². The maximum Gasteiger partial charge on any atom is 0.210 e. The minimum Gasteiger partial charge on any atom is -0.444 e. The zero-order valence-corrected chi connectivity index (χ0v) is 17.3. The molecule has 6 heteroatoms. The molecule has 30 heavy (non-hydrogen) atoms. The average Bonchev–Trinajstić information content (AvgIpc) is 3.15. The third-order valence-corrected chi connectivity index (χ3v) is 5.37. The highest BCUT2D eigenvalue weighted by Crippen LogP contribution is 2.43. The van der Waals surface area contributed by atoms with Gasteiger partial charge in [-0.25, -0.2) is 9.37 Å². The van der Waals surface area contributed by atoms with Gasteiger partial charge in [0.1, 0.15) is 17.3 Å². The summed E-state index contributed by atoms with van der Waals surface area (Å²) < 4.78 is 19.5. The molecule has 4 nitrogen and oxygen atoms in total. The Balaban J connectivity index is 1.74. The smallest absolute Gasteiger partial charge is 0.210 e. The van der Waals surface area contributed by atoms with Gasteiger partial charge in [-0.3, -0.25) is 0 Å². The number of benzene rings is 3. The lowest BCUT2D eigenvalue weighted by molar-refractivity contribution is 0.489. The van der Waals surface area contributed by atoms with Crippen LogP contribution in [0.25, 0.3) is 11.3 Å². The summed E-state index contributed by atoms with van der Waals surface area (Å²) in [4.78, 5) is 4.72. The van der Waals surface area contributed by atoms with Gasteiger partial charge < -0.3 is 10.1 Å². The maximum absolute atomic E-state index is 13.2. The molecule has 0 radical (unpaired) electrons. The molecule has 0 saturated heterocycles. The van der Waals surface area contributed by atoms with Gasteiger partial charge in [0.25, 0.3) is 0 Å².